The first kappa shape index (κ1) is 21.2. The fourth-order valence-electron chi connectivity index (χ4n) is 5.98. The van der Waals surface area contributed by atoms with Gasteiger partial charge in [-0.2, -0.15) is 0 Å². The predicted molar refractivity (Wildman–Crippen MR) is 111 cm³/mol. The zero-order valence-electron chi connectivity index (χ0n) is 17.8. The van der Waals surface area contributed by atoms with Gasteiger partial charge in [-0.15, -0.1) is 0 Å². The highest BCUT2D eigenvalue weighted by atomic mass is 19.2. The van der Waals surface area contributed by atoms with Crippen molar-refractivity contribution < 1.29 is 18.3 Å². The molecule has 0 bridgehead atoms. The Labute approximate surface area is 174 Å². The smallest absolute Gasteiger partial charge is 0.160 e. The Morgan fingerprint density at radius 1 is 0.793 bits per heavy atom. The molecule has 1 aromatic rings. The molecule has 2 nitrogen and oxygen atoms in total. The van der Waals surface area contributed by atoms with Crippen molar-refractivity contribution >= 4 is 0 Å². The summed E-state index contributed by atoms with van der Waals surface area (Å²) in [5, 5.41) is 0. The topological polar surface area (TPSA) is 18.5 Å². The van der Waals surface area contributed by atoms with E-state index in [9.17, 15) is 8.78 Å². The molecule has 0 aromatic heterocycles. The SMILES string of the molecule is CCCC1COC(C2CCC(C3CCC(c4ccc(F)c(F)c4)CC3)CC2)OC1. The Bertz CT molecular complexity index is 640. The van der Waals surface area contributed by atoms with E-state index in [0.717, 1.165) is 43.5 Å². The van der Waals surface area contributed by atoms with Crippen LogP contribution in [0.1, 0.15) is 82.6 Å². The molecule has 1 aliphatic heterocycles. The van der Waals surface area contributed by atoms with Gasteiger partial charge in [-0.3, -0.25) is 0 Å². The molecule has 1 saturated heterocycles. The third kappa shape index (κ3) is 5.19. The molecule has 2 saturated carbocycles. The molecule has 0 N–H and O–H groups in total. The Hall–Kier alpha value is -1.00. The highest BCUT2D eigenvalue weighted by Crippen LogP contribution is 2.45. The lowest BCUT2D eigenvalue weighted by Gasteiger charge is -2.41. The molecule has 4 rings (SSSR count). The molecule has 0 unspecified atom stereocenters. The highest BCUT2D eigenvalue weighted by molar-refractivity contribution is 5.22. The second-order valence-electron chi connectivity index (χ2n) is 9.65. The molecule has 0 radical (unpaired) electrons. The van der Waals surface area contributed by atoms with E-state index in [1.165, 1.54) is 63.5 Å². The van der Waals surface area contributed by atoms with Crippen molar-refractivity contribution in [2.24, 2.45) is 23.7 Å². The van der Waals surface area contributed by atoms with Gasteiger partial charge in [-0.25, -0.2) is 8.78 Å². The first-order chi connectivity index (χ1) is 14.1. The number of rotatable bonds is 5. The van der Waals surface area contributed by atoms with Gasteiger partial charge in [0, 0.05) is 11.8 Å². The van der Waals surface area contributed by atoms with Crippen molar-refractivity contribution in [1.82, 2.24) is 0 Å². The Morgan fingerprint density at radius 3 is 1.97 bits per heavy atom. The number of hydrogen-bond donors (Lipinski definition) is 0. The third-order valence-corrected chi connectivity index (χ3v) is 7.74. The van der Waals surface area contributed by atoms with E-state index in [4.69, 9.17) is 9.47 Å². The van der Waals surface area contributed by atoms with Gasteiger partial charge in [0.25, 0.3) is 0 Å². The first-order valence-corrected chi connectivity index (χ1v) is 11.8. The lowest BCUT2D eigenvalue weighted by atomic mass is 9.68. The van der Waals surface area contributed by atoms with Crippen molar-refractivity contribution in [1.29, 1.82) is 0 Å². The molecule has 0 spiro atoms. The van der Waals surface area contributed by atoms with E-state index < -0.39 is 11.6 Å². The van der Waals surface area contributed by atoms with Crippen LogP contribution >= 0.6 is 0 Å². The maximum absolute atomic E-state index is 13.6. The van der Waals surface area contributed by atoms with E-state index in [1.807, 2.05) is 0 Å². The van der Waals surface area contributed by atoms with Crippen molar-refractivity contribution in [3.8, 4) is 0 Å². The van der Waals surface area contributed by atoms with Crippen LogP contribution in [0.15, 0.2) is 18.2 Å². The average molecular weight is 407 g/mol. The van der Waals surface area contributed by atoms with E-state index in [1.54, 1.807) is 6.07 Å². The van der Waals surface area contributed by atoms with Crippen LogP contribution in [-0.4, -0.2) is 19.5 Å². The summed E-state index contributed by atoms with van der Waals surface area (Å²) in [6, 6.07) is 4.45. The van der Waals surface area contributed by atoms with Gasteiger partial charge >= 0.3 is 0 Å². The normalized spacial score (nSPS) is 36.1. The van der Waals surface area contributed by atoms with Crippen LogP contribution in [-0.2, 0) is 9.47 Å². The van der Waals surface area contributed by atoms with Gasteiger partial charge in [0.05, 0.1) is 13.2 Å². The monoisotopic (exact) mass is 406 g/mol. The van der Waals surface area contributed by atoms with Crippen molar-refractivity contribution in [3.63, 3.8) is 0 Å². The van der Waals surface area contributed by atoms with Gasteiger partial charge in [0.15, 0.2) is 17.9 Å². The Morgan fingerprint density at radius 2 is 1.38 bits per heavy atom. The Balaban J connectivity index is 1.21. The average Bonchev–Trinajstić information content (AvgIpc) is 2.77. The summed E-state index contributed by atoms with van der Waals surface area (Å²) in [4.78, 5) is 0. The van der Waals surface area contributed by atoms with E-state index in [-0.39, 0.29) is 6.29 Å². The molecule has 3 aliphatic rings. The van der Waals surface area contributed by atoms with E-state index >= 15 is 0 Å². The summed E-state index contributed by atoms with van der Waals surface area (Å²) in [7, 11) is 0. The van der Waals surface area contributed by atoms with Crippen molar-refractivity contribution in [2.75, 3.05) is 13.2 Å². The van der Waals surface area contributed by atoms with Crippen molar-refractivity contribution in [2.45, 2.75) is 83.3 Å². The molecule has 0 amide bonds. The van der Waals surface area contributed by atoms with Gasteiger partial charge in [0.2, 0.25) is 0 Å². The van der Waals surface area contributed by atoms with Crippen LogP contribution < -0.4 is 0 Å². The van der Waals surface area contributed by atoms with Crippen molar-refractivity contribution in [3.05, 3.63) is 35.4 Å². The molecule has 162 valence electrons. The fraction of sp³-hybridized carbons (Fsp3) is 0.760. The van der Waals surface area contributed by atoms with E-state index in [0.29, 0.717) is 17.8 Å². The van der Waals surface area contributed by atoms with Crippen LogP contribution in [0.25, 0.3) is 0 Å². The van der Waals surface area contributed by atoms with Gasteiger partial charge in [0.1, 0.15) is 0 Å². The summed E-state index contributed by atoms with van der Waals surface area (Å²) in [5.74, 6) is 1.68. The quantitative estimate of drug-likeness (QED) is 0.533. The number of ether oxygens (including phenoxy) is 2. The van der Waals surface area contributed by atoms with Gasteiger partial charge in [-0.05, 0) is 93.2 Å². The number of benzene rings is 1. The molecule has 2 aliphatic carbocycles. The molecule has 29 heavy (non-hydrogen) atoms. The minimum Gasteiger partial charge on any atom is -0.352 e. The van der Waals surface area contributed by atoms with Crippen LogP contribution in [0, 0.1) is 35.3 Å². The zero-order chi connectivity index (χ0) is 20.2. The molecule has 4 heteroatoms. The fourth-order valence-corrected chi connectivity index (χ4v) is 5.98. The molecular formula is C25H36F2O2. The molecule has 1 heterocycles. The lowest BCUT2D eigenvalue weighted by molar-refractivity contribution is -0.230. The number of hydrogen-bond acceptors (Lipinski definition) is 2. The largest absolute Gasteiger partial charge is 0.352 e. The van der Waals surface area contributed by atoms with Gasteiger partial charge in [-0.1, -0.05) is 19.4 Å². The summed E-state index contributed by atoms with van der Waals surface area (Å²) < 4.78 is 38.9. The predicted octanol–water partition coefficient (Wildman–Crippen LogP) is 6.83. The van der Waals surface area contributed by atoms with E-state index in [2.05, 4.69) is 6.92 Å². The summed E-state index contributed by atoms with van der Waals surface area (Å²) >= 11 is 0. The van der Waals surface area contributed by atoms with Crippen LogP contribution in [0.3, 0.4) is 0 Å². The highest BCUT2D eigenvalue weighted by Gasteiger charge is 2.36. The minimum atomic E-state index is -0.744. The molecule has 1 aromatic carbocycles. The first-order valence-electron chi connectivity index (χ1n) is 11.8. The zero-order valence-corrected chi connectivity index (χ0v) is 17.8. The summed E-state index contributed by atoms with van der Waals surface area (Å²) in [5.41, 5.74) is 0.971. The molecule has 0 atom stereocenters. The van der Waals surface area contributed by atoms with Crippen LogP contribution in [0.2, 0.25) is 0 Å². The summed E-state index contributed by atoms with van der Waals surface area (Å²) in [6.45, 7) is 3.96. The third-order valence-electron chi connectivity index (χ3n) is 7.74. The van der Waals surface area contributed by atoms with Gasteiger partial charge < -0.3 is 9.47 Å². The molecular weight excluding hydrogens is 370 g/mol. The second-order valence-corrected chi connectivity index (χ2v) is 9.65. The van der Waals surface area contributed by atoms with Crippen LogP contribution in [0.5, 0.6) is 0 Å². The summed E-state index contributed by atoms with van der Waals surface area (Å²) in [6.07, 6.45) is 12.1. The maximum Gasteiger partial charge on any atom is 0.160 e. The Kier molecular flexibility index (Phi) is 7.23. The second kappa shape index (κ2) is 9.87. The minimum absolute atomic E-state index is 0.0214. The maximum atomic E-state index is 13.6. The standard InChI is InChI=1S/C25H36F2O2/c1-2-3-17-15-28-25(29-16-17)21-10-8-19(9-11-21)18-4-6-20(7-5-18)22-12-13-23(26)24(27)14-22/h12-14,17-21,25H,2-11,15-16H2,1H3. The lowest BCUT2D eigenvalue weighted by Crippen LogP contribution is -2.39. The molecule has 3 fully saturated rings. The number of halogens is 2. The van der Waals surface area contributed by atoms with Crippen LogP contribution in [0.4, 0.5) is 8.78 Å².